The van der Waals surface area contributed by atoms with E-state index in [9.17, 15) is 8.42 Å². The Balaban J connectivity index is 2.28. The van der Waals surface area contributed by atoms with E-state index in [4.69, 9.17) is 23.2 Å². The van der Waals surface area contributed by atoms with Crippen molar-refractivity contribution in [1.82, 2.24) is 0 Å². The van der Waals surface area contributed by atoms with Gasteiger partial charge in [-0.3, -0.25) is 0 Å². The van der Waals surface area contributed by atoms with E-state index < -0.39 is 9.84 Å². The average Bonchev–Trinajstić information content (AvgIpc) is 2.49. The number of halogens is 2. The third kappa shape index (κ3) is 4.33. The SMILES string of the molecule is O=S(=O)(c1ccc(SCCl)cc1)c1ccc(SCCl)cc1. The summed E-state index contributed by atoms with van der Waals surface area (Å²) in [6.45, 7) is 0. The Bertz CT molecular complexity index is 628. The van der Waals surface area contributed by atoms with Gasteiger partial charge in [-0.2, -0.15) is 0 Å². The van der Waals surface area contributed by atoms with Crippen LogP contribution in [0.4, 0.5) is 0 Å². The van der Waals surface area contributed by atoms with Gasteiger partial charge >= 0.3 is 0 Å². The number of alkyl halides is 2. The van der Waals surface area contributed by atoms with Gasteiger partial charge in [0.05, 0.1) is 20.2 Å². The Kier molecular flexibility index (Phi) is 6.32. The lowest BCUT2D eigenvalue weighted by Gasteiger charge is -2.06. The van der Waals surface area contributed by atoms with Crippen LogP contribution in [0, 0.1) is 0 Å². The van der Waals surface area contributed by atoms with Crippen molar-refractivity contribution in [2.45, 2.75) is 19.6 Å². The second-order valence-electron chi connectivity index (χ2n) is 3.95. The van der Waals surface area contributed by atoms with Crippen LogP contribution in [0.2, 0.25) is 0 Å². The zero-order chi connectivity index (χ0) is 15.3. The van der Waals surface area contributed by atoms with Crippen molar-refractivity contribution in [1.29, 1.82) is 0 Å². The lowest BCUT2D eigenvalue weighted by Crippen LogP contribution is -2.01. The van der Waals surface area contributed by atoms with E-state index in [1.165, 1.54) is 23.5 Å². The minimum atomic E-state index is -3.49. The maximum atomic E-state index is 12.5. The van der Waals surface area contributed by atoms with Crippen molar-refractivity contribution in [3.63, 3.8) is 0 Å². The van der Waals surface area contributed by atoms with Gasteiger partial charge < -0.3 is 0 Å². The molecule has 0 aromatic heterocycles. The molecule has 0 amide bonds. The van der Waals surface area contributed by atoms with E-state index in [0.29, 0.717) is 10.4 Å². The maximum Gasteiger partial charge on any atom is 0.206 e. The summed E-state index contributed by atoms with van der Waals surface area (Å²) in [6.07, 6.45) is 0. The van der Waals surface area contributed by atoms with E-state index in [1.54, 1.807) is 48.5 Å². The molecule has 2 aromatic rings. The number of hydrogen-bond acceptors (Lipinski definition) is 4. The molecule has 0 unspecified atom stereocenters. The second-order valence-corrected chi connectivity index (χ2v) is 9.17. The third-order valence-electron chi connectivity index (χ3n) is 2.71. The second kappa shape index (κ2) is 7.79. The summed E-state index contributed by atoms with van der Waals surface area (Å²) in [6, 6.07) is 13.5. The van der Waals surface area contributed by atoms with Gasteiger partial charge in [0.25, 0.3) is 0 Å². The molecule has 0 aliphatic rings. The highest BCUT2D eigenvalue weighted by atomic mass is 35.5. The van der Waals surface area contributed by atoms with Crippen LogP contribution in [0.5, 0.6) is 0 Å². The zero-order valence-corrected chi connectivity index (χ0v) is 14.8. The molecule has 2 rings (SSSR count). The van der Waals surface area contributed by atoms with Crippen LogP contribution >= 0.6 is 46.7 Å². The van der Waals surface area contributed by atoms with Gasteiger partial charge in [-0.05, 0) is 48.5 Å². The van der Waals surface area contributed by atoms with Gasteiger partial charge in [-0.15, -0.1) is 46.7 Å². The molecule has 0 saturated heterocycles. The van der Waals surface area contributed by atoms with E-state index in [0.717, 1.165) is 9.79 Å². The summed E-state index contributed by atoms with van der Waals surface area (Å²) in [5.74, 6) is 0. The summed E-state index contributed by atoms with van der Waals surface area (Å²) in [5.41, 5.74) is 0. The molecule has 0 fully saturated rings. The van der Waals surface area contributed by atoms with Crippen molar-refractivity contribution in [2.75, 3.05) is 10.4 Å². The van der Waals surface area contributed by atoms with Gasteiger partial charge in [-0.25, -0.2) is 8.42 Å². The smallest absolute Gasteiger partial charge is 0.206 e. The summed E-state index contributed by atoms with van der Waals surface area (Å²) in [7, 11) is -3.49. The van der Waals surface area contributed by atoms with Crippen molar-refractivity contribution >= 4 is 56.6 Å². The lowest BCUT2D eigenvalue weighted by atomic mass is 10.4. The normalized spacial score (nSPS) is 11.5. The maximum absolute atomic E-state index is 12.5. The number of hydrogen-bond donors (Lipinski definition) is 0. The summed E-state index contributed by atoms with van der Waals surface area (Å²) < 4.78 is 25.0. The first-order chi connectivity index (χ1) is 10.1. The zero-order valence-electron chi connectivity index (χ0n) is 10.8. The number of rotatable bonds is 6. The van der Waals surface area contributed by atoms with E-state index in [2.05, 4.69) is 0 Å². The van der Waals surface area contributed by atoms with Gasteiger partial charge in [0.2, 0.25) is 9.84 Å². The van der Waals surface area contributed by atoms with Crippen molar-refractivity contribution in [2.24, 2.45) is 0 Å². The minimum absolute atomic E-state index is 0.277. The molecule has 2 aromatic carbocycles. The Hall–Kier alpha value is -0.330. The lowest BCUT2D eigenvalue weighted by molar-refractivity contribution is 0.596. The van der Waals surface area contributed by atoms with Gasteiger partial charge in [-0.1, -0.05) is 0 Å². The van der Waals surface area contributed by atoms with E-state index in [1.807, 2.05) is 0 Å². The summed E-state index contributed by atoms with van der Waals surface area (Å²) in [4.78, 5) is 2.44. The van der Waals surface area contributed by atoms with Gasteiger partial charge in [0.1, 0.15) is 0 Å². The van der Waals surface area contributed by atoms with Crippen LogP contribution in [-0.4, -0.2) is 18.8 Å². The highest BCUT2D eigenvalue weighted by Gasteiger charge is 2.17. The molecule has 112 valence electrons. The van der Waals surface area contributed by atoms with Gasteiger partial charge in [0, 0.05) is 9.79 Å². The molecule has 0 spiro atoms. The molecule has 0 radical (unpaired) electrons. The predicted molar refractivity (Wildman–Crippen MR) is 91.5 cm³/mol. The van der Waals surface area contributed by atoms with Crippen molar-refractivity contribution in [3.05, 3.63) is 48.5 Å². The molecular formula is C14H12Cl2O2S3. The molecule has 0 aliphatic heterocycles. The Labute approximate surface area is 143 Å². The molecule has 2 nitrogen and oxygen atoms in total. The monoisotopic (exact) mass is 378 g/mol. The molecule has 0 bridgehead atoms. The van der Waals surface area contributed by atoms with Crippen LogP contribution < -0.4 is 0 Å². The first kappa shape index (κ1) is 17.0. The first-order valence-electron chi connectivity index (χ1n) is 5.90. The highest BCUT2D eigenvalue weighted by molar-refractivity contribution is 8.00. The van der Waals surface area contributed by atoms with Crippen LogP contribution in [0.25, 0.3) is 0 Å². The van der Waals surface area contributed by atoms with Crippen LogP contribution in [-0.2, 0) is 9.84 Å². The molecule has 7 heteroatoms. The number of sulfone groups is 1. The van der Waals surface area contributed by atoms with E-state index >= 15 is 0 Å². The van der Waals surface area contributed by atoms with E-state index in [-0.39, 0.29) is 9.79 Å². The fraction of sp³-hybridized carbons (Fsp3) is 0.143. The average molecular weight is 379 g/mol. The van der Waals surface area contributed by atoms with Crippen molar-refractivity contribution in [3.8, 4) is 0 Å². The van der Waals surface area contributed by atoms with Crippen LogP contribution in [0.3, 0.4) is 0 Å². The number of benzene rings is 2. The molecule has 0 atom stereocenters. The Morgan fingerprint density at radius 2 is 1.05 bits per heavy atom. The number of thioether (sulfide) groups is 2. The quantitative estimate of drug-likeness (QED) is 0.517. The topological polar surface area (TPSA) is 34.1 Å². The molecule has 0 N–H and O–H groups in total. The standard InChI is InChI=1S/C14H12Cl2O2S3/c15-9-19-11-1-5-13(6-2-11)21(17,18)14-7-3-12(4-8-14)20-10-16/h1-8H,9-10H2. The fourth-order valence-electron chi connectivity index (χ4n) is 1.69. The van der Waals surface area contributed by atoms with Crippen molar-refractivity contribution < 1.29 is 8.42 Å². The molecule has 21 heavy (non-hydrogen) atoms. The third-order valence-corrected chi connectivity index (χ3v) is 6.58. The summed E-state index contributed by atoms with van der Waals surface area (Å²) in [5, 5.41) is 0.873. The molecule has 0 aliphatic carbocycles. The van der Waals surface area contributed by atoms with Gasteiger partial charge in [0.15, 0.2) is 0 Å². The molecular weight excluding hydrogens is 367 g/mol. The Morgan fingerprint density at radius 3 is 1.33 bits per heavy atom. The molecule has 0 saturated carbocycles. The summed E-state index contributed by atoms with van der Waals surface area (Å²) >= 11 is 14.2. The predicted octanol–water partition coefficient (Wildman–Crippen LogP) is 5.10. The van der Waals surface area contributed by atoms with Crippen LogP contribution in [0.1, 0.15) is 0 Å². The minimum Gasteiger partial charge on any atom is -0.219 e. The Morgan fingerprint density at radius 1 is 0.714 bits per heavy atom. The molecule has 0 heterocycles. The fourth-order valence-corrected chi connectivity index (χ4v) is 4.62. The first-order valence-corrected chi connectivity index (χ1v) is 10.4. The van der Waals surface area contributed by atoms with Crippen LogP contribution in [0.15, 0.2) is 68.1 Å². The largest absolute Gasteiger partial charge is 0.219 e. The highest BCUT2D eigenvalue weighted by Crippen LogP contribution is 2.27.